The molecule has 3 N–H and O–H groups in total. The Morgan fingerprint density at radius 3 is 2.88 bits per heavy atom. The largest absolute Gasteiger partial charge is 0.393 e. The highest BCUT2D eigenvalue weighted by Gasteiger charge is 2.19. The van der Waals surface area contributed by atoms with Gasteiger partial charge in [0.25, 0.3) is 0 Å². The van der Waals surface area contributed by atoms with Crippen LogP contribution < -0.4 is 10.6 Å². The third-order valence-corrected chi connectivity index (χ3v) is 4.75. The molecule has 3 rings (SSSR count). The van der Waals surface area contributed by atoms with E-state index in [-0.39, 0.29) is 6.10 Å². The number of aryl methyl sites for hydroxylation is 1. The highest BCUT2D eigenvalue weighted by atomic mass is 16.3. The number of hydrogen-bond acceptors (Lipinski definition) is 3. The fraction of sp³-hybridized carbons (Fsp3) is 0.579. The molecule has 0 spiro atoms. The summed E-state index contributed by atoms with van der Waals surface area (Å²) >= 11 is 0. The maximum absolute atomic E-state index is 9.63. The number of guanidine groups is 1. The lowest BCUT2D eigenvalue weighted by Crippen LogP contribution is -2.45. The van der Waals surface area contributed by atoms with Gasteiger partial charge in [-0.3, -0.25) is 4.99 Å². The van der Waals surface area contributed by atoms with Crippen molar-refractivity contribution in [3.05, 3.63) is 35.8 Å². The lowest BCUT2D eigenvalue weighted by atomic mass is 9.93. The van der Waals surface area contributed by atoms with Crippen molar-refractivity contribution in [2.75, 3.05) is 13.1 Å². The molecule has 136 valence electrons. The number of nitrogens with one attached hydrogen (secondary N) is 2. The first-order valence-electron chi connectivity index (χ1n) is 9.32. The molecule has 1 aliphatic carbocycles. The van der Waals surface area contributed by atoms with E-state index in [0.717, 1.165) is 55.9 Å². The van der Waals surface area contributed by atoms with Crippen molar-refractivity contribution in [3.63, 3.8) is 0 Å². The maximum Gasteiger partial charge on any atom is 0.191 e. The molecule has 2 heterocycles. The highest BCUT2D eigenvalue weighted by molar-refractivity contribution is 5.80. The van der Waals surface area contributed by atoms with Gasteiger partial charge in [0, 0.05) is 37.9 Å². The number of hydrogen-bond donors (Lipinski definition) is 3. The van der Waals surface area contributed by atoms with Crippen molar-refractivity contribution in [2.24, 2.45) is 4.99 Å². The molecule has 0 unspecified atom stereocenters. The molecular weight excluding hydrogens is 314 g/mol. The van der Waals surface area contributed by atoms with Crippen LogP contribution in [0.4, 0.5) is 0 Å². The first kappa shape index (κ1) is 17.7. The molecule has 0 aliphatic heterocycles. The van der Waals surface area contributed by atoms with E-state index >= 15 is 0 Å². The van der Waals surface area contributed by atoms with Crippen LogP contribution in [0.15, 0.2) is 29.5 Å². The minimum atomic E-state index is -0.129. The van der Waals surface area contributed by atoms with Crippen LogP contribution >= 0.6 is 0 Å². The summed E-state index contributed by atoms with van der Waals surface area (Å²) in [6.45, 7) is 5.70. The smallest absolute Gasteiger partial charge is 0.191 e. The topological polar surface area (TPSA) is 74.0 Å². The summed E-state index contributed by atoms with van der Waals surface area (Å²) in [5.74, 6) is 0.865. The Balaban J connectivity index is 1.58. The van der Waals surface area contributed by atoms with E-state index in [1.165, 1.54) is 5.56 Å². The van der Waals surface area contributed by atoms with E-state index in [1.54, 1.807) is 0 Å². The minimum Gasteiger partial charge on any atom is -0.393 e. The van der Waals surface area contributed by atoms with Gasteiger partial charge in [-0.15, -0.1) is 0 Å². The van der Waals surface area contributed by atoms with Crippen molar-refractivity contribution in [1.82, 2.24) is 20.0 Å². The predicted octanol–water partition coefficient (Wildman–Crippen LogP) is 2.04. The standard InChI is InChI=1S/C19H29N5O/c1-3-20-19(23-15-6-8-17(25)9-7-15)21-11-10-16-13-24-12-4-5-14(2)18(24)22-16/h4-5,12-13,15,17,25H,3,6-11H2,1-2H3,(H2,20,21,23). The van der Waals surface area contributed by atoms with Crippen molar-refractivity contribution >= 4 is 11.6 Å². The molecule has 6 nitrogen and oxygen atoms in total. The second kappa shape index (κ2) is 8.34. The molecule has 6 heteroatoms. The Kier molecular flexibility index (Phi) is 5.91. The van der Waals surface area contributed by atoms with Gasteiger partial charge >= 0.3 is 0 Å². The van der Waals surface area contributed by atoms with E-state index in [4.69, 9.17) is 9.98 Å². The van der Waals surface area contributed by atoms with Crippen LogP contribution in [-0.2, 0) is 6.42 Å². The number of pyridine rings is 1. The third kappa shape index (κ3) is 4.72. The molecule has 2 aromatic heterocycles. The first-order chi connectivity index (χ1) is 12.2. The average Bonchev–Trinajstić information content (AvgIpc) is 3.01. The predicted molar refractivity (Wildman–Crippen MR) is 101 cm³/mol. The molecule has 1 fully saturated rings. The van der Waals surface area contributed by atoms with Crippen LogP contribution in [0.2, 0.25) is 0 Å². The van der Waals surface area contributed by atoms with E-state index in [9.17, 15) is 5.11 Å². The second-order valence-corrected chi connectivity index (χ2v) is 6.81. The van der Waals surface area contributed by atoms with Gasteiger partial charge in [0.05, 0.1) is 11.8 Å². The number of fused-ring (bicyclic) bond motifs is 1. The number of aliphatic hydroxyl groups is 1. The lowest BCUT2D eigenvalue weighted by molar-refractivity contribution is 0.120. The van der Waals surface area contributed by atoms with Crippen LogP contribution in [0, 0.1) is 6.92 Å². The Bertz CT molecular complexity index is 716. The molecule has 25 heavy (non-hydrogen) atoms. The summed E-state index contributed by atoms with van der Waals surface area (Å²) in [7, 11) is 0. The van der Waals surface area contributed by atoms with Gasteiger partial charge in [0.1, 0.15) is 5.65 Å². The van der Waals surface area contributed by atoms with Crippen LogP contribution in [-0.4, -0.2) is 45.7 Å². The number of imidazole rings is 1. The Morgan fingerprint density at radius 1 is 1.36 bits per heavy atom. The van der Waals surface area contributed by atoms with Gasteiger partial charge in [-0.25, -0.2) is 4.98 Å². The number of rotatable bonds is 5. The molecule has 1 saturated carbocycles. The van der Waals surface area contributed by atoms with Crippen molar-refractivity contribution < 1.29 is 5.11 Å². The molecule has 0 atom stereocenters. The van der Waals surface area contributed by atoms with Crippen LogP contribution in [0.25, 0.3) is 5.65 Å². The van der Waals surface area contributed by atoms with Crippen LogP contribution in [0.1, 0.15) is 43.9 Å². The maximum atomic E-state index is 9.63. The van der Waals surface area contributed by atoms with Crippen LogP contribution in [0.3, 0.4) is 0 Å². The van der Waals surface area contributed by atoms with Gasteiger partial charge in [-0.05, 0) is 51.2 Å². The number of aliphatic hydroxyl groups excluding tert-OH is 1. The zero-order valence-electron chi connectivity index (χ0n) is 15.2. The molecule has 0 saturated heterocycles. The molecule has 0 bridgehead atoms. The van der Waals surface area contributed by atoms with E-state index in [1.807, 2.05) is 12.3 Å². The molecule has 0 amide bonds. The zero-order valence-corrected chi connectivity index (χ0v) is 15.2. The Labute approximate surface area is 149 Å². The van der Waals surface area contributed by atoms with Crippen molar-refractivity contribution in [1.29, 1.82) is 0 Å². The normalized spacial score (nSPS) is 21.5. The monoisotopic (exact) mass is 343 g/mol. The quantitative estimate of drug-likeness (QED) is 0.574. The van der Waals surface area contributed by atoms with E-state index < -0.39 is 0 Å². The zero-order chi connectivity index (χ0) is 17.6. The van der Waals surface area contributed by atoms with E-state index in [2.05, 4.69) is 41.1 Å². The minimum absolute atomic E-state index is 0.129. The van der Waals surface area contributed by atoms with Gasteiger partial charge < -0.3 is 20.1 Å². The van der Waals surface area contributed by atoms with Gasteiger partial charge in [0.15, 0.2) is 5.96 Å². The Morgan fingerprint density at radius 2 is 2.16 bits per heavy atom. The fourth-order valence-corrected chi connectivity index (χ4v) is 3.34. The molecule has 1 aliphatic rings. The molecular formula is C19H29N5O. The van der Waals surface area contributed by atoms with Gasteiger partial charge in [0.2, 0.25) is 0 Å². The average molecular weight is 343 g/mol. The molecule has 2 aromatic rings. The van der Waals surface area contributed by atoms with Gasteiger partial charge in [-0.2, -0.15) is 0 Å². The van der Waals surface area contributed by atoms with Crippen molar-refractivity contribution in [2.45, 2.75) is 58.1 Å². The summed E-state index contributed by atoms with van der Waals surface area (Å²) in [6.07, 6.45) is 8.55. The number of aromatic nitrogens is 2. The molecule has 0 aromatic carbocycles. The number of aliphatic imine (C=N–C) groups is 1. The van der Waals surface area contributed by atoms with Crippen LogP contribution in [0.5, 0.6) is 0 Å². The Hall–Kier alpha value is -2.08. The van der Waals surface area contributed by atoms with E-state index in [0.29, 0.717) is 12.6 Å². The lowest BCUT2D eigenvalue weighted by Gasteiger charge is -2.27. The second-order valence-electron chi connectivity index (χ2n) is 6.81. The summed E-state index contributed by atoms with van der Waals surface area (Å²) in [4.78, 5) is 9.40. The summed E-state index contributed by atoms with van der Waals surface area (Å²) in [6, 6.07) is 4.53. The summed E-state index contributed by atoms with van der Waals surface area (Å²) in [5.41, 5.74) is 3.27. The van der Waals surface area contributed by atoms with Crippen molar-refractivity contribution in [3.8, 4) is 0 Å². The SMILES string of the molecule is CCNC(=NCCc1cn2cccc(C)c2n1)NC1CCC(O)CC1. The summed E-state index contributed by atoms with van der Waals surface area (Å²) < 4.78 is 2.07. The van der Waals surface area contributed by atoms with Gasteiger partial charge in [-0.1, -0.05) is 6.07 Å². The third-order valence-electron chi connectivity index (χ3n) is 4.75. The number of nitrogens with zero attached hydrogens (tertiary/aromatic N) is 3. The molecule has 0 radical (unpaired) electrons. The highest BCUT2D eigenvalue weighted by Crippen LogP contribution is 2.18. The summed E-state index contributed by atoms with van der Waals surface area (Å²) in [5, 5.41) is 16.4. The fourth-order valence-electron chi connectivity index (χ4n) is 3.34. The first-order valence-corrected chi connectivity index (χ1v) is 9.32.